The van der Waals surface area contributed by atoms with Gasteiger partial charge in [-0.2, -0.15) is 0 Å². The van der Waals surface area contributed by atoms with Crippen LogP contribution in [0.5, 0.6) is 5.75 Å². The van der Waals surface area contributed by atoms with E-state index < -0.39 is 11.8 Å². The molecule has 0 unspecified atom stereocenters. The molecule has 0 saturated heterocycles. The summed E-state index contributed by atoms with van der Waals surface area (Å²) in [6, 6.07) is 10.1. The van der Waals surface area contributed by atoms with Gasteiger partial charge in [-0.1, -0.05) is 29.4 Å². The quantitative estimate of drug-likeness (QED) is 0.655. The van der Waals surface area contributed by atoms with Crippen molar-refractivity contribution >= 4 is 50.8 Å². The largest absolute Gasteiger partial charge is 0.494 e. The zero-order valence-corrected chi connectivity index (χ0v) is 14.2. The minimum absolute atomic E-state index is 0.0835. The Morgan fingerprint density at radius 2 is 2.13 bits per heavy atom. The monoisotopic (exact) mass is 368 g/mol. The lowest BCUT2D eigenvalue weighted by Gasteiger charge is -2.06. The van der Waals surface area contributed by atoms with Crippen LogP contribution in [0.25, 0.3) is 10.1 Å². The third kappa shape index (κ3) is 3.02. The van der Waals surface area contributed by atoms with Crippen molar-refractivity contribution in [2.24, 2.45) is 0 Å². The molecule has 0 aliphatic rings. The number of benzene rings is 2. The van der Waals surface area contributed by atoms with E-state index in [-0.39, 0.29) is 16.0 Å². The van der Waals surface area contributed by atoms with Gasteiger partial charge in [0, 0.05) is 24.9 Å². The molecule has 0 radical (unpaired) electrons. The van der Waals surface area contributed by atoms with Gasteiger partial charge in [0.05, 0.1) is 7.11 Å². The van der Waals surface area contributed by atoms with E-state index in [0.29, 0.717) is 14.6 Å². The lowest BCUT2D eigenvalue weighted by Crippen LogP contribution is -1.94. The van der Waals surface area contributed by atoms with Gasteiger partial charge in [-0.15, -0.1) is 11.3 Å². The van der Waals surface area contributed by atoms with Crippen LogP contribution in [0.1, 0.15) is 9.67 Å². The second-order valence-electron chi connectivity index (χ2n) is 4.58. The van der Waals surface area contributed by atoms with Crippen LogP contribution in [0.15, 0.2) is 46.2 Å². The van der Waals surface area contributed by atoms with Crippen LogP contribution in [0.2, 0.25) is 5.02 Å². The third-order valence-electron chi connectivity index (χ3n) is 3.14. The number of carboxylic acid groups (broad SMARTS) is 1. The molecule has 7 heteroatoms. The van der Waals surface area contributed by atoms with Gasteiger partial charge in [0.2, 0.25) is 0 Å². The number of aromatic carboxylic acids is 1. The van der Waals surface area contributed by atoms with E-state index in [1.54, 1.807) is 30.3 Å². The fourth-order valence-electron chi connectivity index (χ4n) is 2.15. The highest BCUT2D eigenvalue weighted by Gasteiger charge is 2.23. The summed E-state index contributed by atoms with van der Waals surface area (Å²) in [6.45, 7) is 0. The fourth-order valence-corrected chi connectivity index (χ4v) is 4.70. The smallest absolute Gasteiger partial charge is 0.347 e. The Labute approximate surface area is 144 Å². The van der Waals surface area contributed by atoms with E-state index in [2.05, 4.69) is 0 Å². The minimum atomic E-state index is -1.09. The highest BCUT2D eigenvalue weighted by atomic mass is 35.5. The zero-order chi connectivity index (χ0) is 16.6. The molecule has 0 fully saturated rings. The molecule has 2 aromatic carbocycles. The Morgan fingerprint density at radius 1 is 1.35 bits per heavy atom. The Bertz CT molecular complexity index is 908. The van der Waals surface area contributed by atoms with Crippen molar-refractivity contribution < 1.29 is 19.0 Å². The standard InChI is InChI=1S/C16H10ClFO3S2/c1-21-10-5-6-11-12(13(10)18)14(15(23-11)16(19)20)22-9-4-2-3-8(17)7-9/h2-7H,1H3,(H,19,20). The van der Waals surface area contributed by atoms with Gasteiger partial charge in [-0.25, -0.2) is 9.18 Å². The van der Waals surface area contributed by atoms with Crippen molar-refractivity contribution in [2.45, 2.75) is 9.79 Å². The summed E-state index contributed by atoms with van der Waals surface area (Å²) < 4.78 is 20.2. The van der Waals surface area contributed by atoms with Crippen molar-refractivity contribution in [3.8, 4) is 5.75 Å². The molecule has 0 spiro atoms. The molecule has 1 heterocycles. The van der Waals surface area contributed by atoms with Crippen molar-refractivity contribution in [2.75, 3.05) is 7.11 Å². The van der Waals surface area contributed by atoms with E-state index in [0.717, 1.165) is 16.2 Å². The highest BCUT2D eigenvalue weighted by molar-refractivity contribution is 7.99. The molecule has 1 N–H and O–H groups in total. The summed E-state index contributed by atoms with van der Waals surface area (Å²) in [5.41, 5.74) is 0. The molecule has 3 rings (SSSR count). The number of carboxylic acids is 1. The third-order valence-corrected chi connectivity index (χ3v) is 5.75. The molecular weight excluding hydrogens is 359 g/mol. The average molecular weight is 369 g/mol. The van der Waals surface area contributed by atoms with Gasteiger partial charge in [0.25, 0.3) is 0 Å². The Balaban J connectivity index is 2.23. The summed E-state index contributed by atoms with van der Waals surface area (Å²) in [4.78, 5) is 12.7. The lowest BCUT2D eigenvalue weighted by molar-refractivity contribution is 0.0699. The van der Waals surface area contributed by atoms with Crippen LogP contribution in [-0.2, 0) is 0 Å². The molecule has 0 aliphatic heterocycles. The summed E-state index contributed by atoms with van der Waals surface area (Å²) in [5.74, 6) is -1.56. The number of carbonyl (C=O) groups is 1. The number of hydrogen-bond donors (Lipinski definition) is 1. The minimum Gasteiger partial charge on any atom is -0.494 e. The number of ether oxygens (including phenoxy) is 1. The molecule has 0 amide bonds. The lowest BCUT2D eigenvalue weighted by atomic mass is 10.2. The van der Waals surface area contributed by atoms with Crippen molar-refractivity contribution in [3.05, 3.63) is 52.1 Å². The molecule has 3 nitrogen and oxygen atoms in total. The summed E-state index contributed by atoms with van der Waals surface area (Å²) >= 11 is 8.18. The van der Waals surface area contributed by atoms with Gasteiger partial charge in [0.1, 0.15) is 4.88 Å². The number of thiophene rings is 1. The first kappa shape index (κ1) is 16.1. The first-order chi connectivity index (χ1) is 11.0. The van der Waals surface area contributed by atoms with Gasteiger partial charge < -0.3 is 9.84 Å². The predicted molar refractivity (Wildman–Crippen MR) is 90.9 cm³/mol. The molecule has 0 atom stereocenters. The maximum atomic E-state index is 14.6. The molecule has 0 bridgehead atoms. The zero-order valence-electron chi connectivity index (χ0n) is 11.8. The Kier molecular flexibility index (Phi) is 4.48. The SMILES string of the molecule is COc1ccc2sc(C(=O)O)c(Sc3cccc(Cl)c3)c2c1F. The first-order valence-electron chi connectivity index (χ1n) is 6.47. The Hall–Kier alpha value is -1.76. The van der Waals surface area contributed by atoms with Crippen molar-refractivity contribution in [3.63, 3.8) is 0 Å². The summed E-state index contributed by atoms with van der Waals surface area (Å²) in [6.07, 6.45) is 0. The molecule has 3 aromatic rings. The van der Waals surface area contributed by atoms with Gasteiger partial charge in [-0.05, 0) is 30.3 Å². The number of rotatable bonds is 4. The normalized spacial score (nSPS) is 10.9. The predicted octanol–water partition coefficient (Wildman–Crippen LogP) is 5.55. The highest BCUT2D eigenvalue weighted by Crippen LogP contribution is 2.44. The number of methoxy groups -OCH3 is 1. The molecule has 23 heavy (non-hydrogen) atoms. The fraction of sp³-hybridized carbons (Fsp3) is 0.0625. The van der Waals surface area contributed by atoms with Gasteiger partial charge in [0.15, 0.2) is 11.6 Å². The van der Waals surface area contributed by atoms with E-state index >= 15 is 0 Å². The number of fused-ring (bicyclic) bond motifs is 1. The molecule has 0 aliphatic carbocycles. The van der Waals surface area contributed by atoms with Gasteiger partial charge in [-0.3, -0.25) is 0 Å². The number of halogens is 2. The van der Waals surface area contributed by atoms with Crippen LogP contribution in [0.4, 0.5) is 4.39 Å². The van der Waals surface area contributed by atoms with E-state index in [1.165, 1.54) is 24.9 Å². The molecule has 118 valence electrons. The number of hydrogen-bond acceptors (Lipinski definition) is 4. The maximum absolute atomic E-state index is 14.6. The summed E-state index contributed by atoms with van der Waals surface area (Å²) in [7, 11) is 1.37. The van der Waals surface area contributed by atoms with E-state index in [1.807, 2.05) is 0 Å². The molecule has 1 aromatic heterocycles. The van der Waals surface area contributed by atoms with E-state index in [4.69, 9.17) is 16.3 Å². The summed E-state index contributed by atoms with van der Waals surface area (Å²) in [5, 5.41) is 10.2. The van der Waals surface area contributed by atoms with Crippen LogP contribution < -0.4 is 4.74 Å². The second-order valence-corrected chi connectivity index (χ2v) is 7.15. The van der Waals surface area contributed by atoms with Gasteiger partial charge >= 0.3 is 5.97 Å². The van der Waals surface area contributed by atoms with Crippen LogP contribution in [0, 0.1) is 5.82 Å². The van der Waals surface area contributed by atoms with Crippen LogP contribution >= 0.6 is 34.7 Å². The molecular formula is C16H10ClFO3S2. The van der Waals surface area contributed by atoms with Crippen molar-refractivity contribution in [1.82, 2.24) is 0 Å². The topological polar surface area (TPSA) is 46.5 Å². The van der Waals surface area contributed by atoms with Crippen molar-refractivity contribution in [1.29, 1.82) is 0 Å². The molecule has 0 saturated carbocycles. The van der Waals surface area contributed by atoms with Crippen LogP contribution in [-0.4, -0.2) is 18.2 Å². The Morgan fingerprint density at radius 3 is 2.78 bits per heavy atom. The average Bonchev–Trinajstić information content (AvgIpc) is 2.87. The second kappa shape index (κ2) is 6.39. The van der Waals surface area contributed by atoms with E-state index in [9.17, 15) is 14.3 Å². The first-order valence-corrected chi connectivity index (χ1v) is 8.48. The maximum Gasteiger partial charge on any atom is 0.347 e. The van der Waals surface area contributed by atoms with Crippen LogP contribution in [0.3, 0.4) is 0 Å².